The number of hydrogen-bond donors (Lipinski definition) is 2. The molecule has 0 aromatic rings. The van der Waals surface area contributed by atoms with Crippen LogP contribution in [0, 0.1) is 0 Å². The van der Waals surface area contributed by atoms with Crippen LogP contribution in [0.3, 0.4) is 0 Å². The summed E-state index contributed by atoms with van der Waals surface area (Å²) in [5.41, 5.74) is 0. The van der Waals surface area contributed by atoms with E-state index >= 15 is 0 Å². The first kappa shape index (κ1) is 27.9. The summed E-state index contributed by atoms with van der Waals surface area (Å²) >= 11 is 0. The fourth-order valence-electron chi connectivity index (χ4n) is 1.50. The van der Waals surface area contributed by atoms with Gasteiger partial charge >= 0.3 is 6.16 Å². The standard InChI is InChI=1S/C15H29FN2O7.C2H6/c1-14(19)17-2-4-21-6-8-23-10-12-25-13-11-24-9-7-22-5-3-18-15(16)20;1-2/h2-13H2,1H3,(H,17,19)(H,18,20);1-2H3. The minimum Gasteiger partial charge on any atom is -0.377 e. The van der Waals surface area contributed by atoms with E-state index in [4.69, 9.17) is 23.7 Å². The molecule has 0 spiro atoms. The average molecular weight is 398 g/mol. The normalized spacial score (nSPS) is 10.1. The molecule has 0 aliphatic carbocycles. The Bertz CT molecular complexity index is 306. The fraction of sp³-hybridized carbons (Fsp3) is 0.882. The van der Waals surface area contributed by atoms with E-state index in [0.717, 1.165) is 0 Å². The van der Waals surface area contributed by atoms with Gasteiger partial charge in [-0.05, 0) is 0 Å². The number of carbonyl (C=O) groups is 2. The highest BCUT2D eigenvalue weighted by atomic mass is 19.1. The number of hydrogen-bond acceptors (Lipinski definition) is 7. The Morgan fingerprint density at radius 3 is 1.22 bits per heavy atom. The van der Waals surface area contributed by atoms with Gasteiger partial charge in [-0.2, -0.15) is 0 Å². The molecule has 10 heteroatoms. The van der Waals surface area contributed by atoms with Gasteiger partial charge in [-0.25, -0.2) is 4.79 Å². The highest BCUT2D eigenvalue weighted by Crippen LogP contribution is 1.84. The van der Waals surface area contributed by atoms with Crippen LogP contribution < -0.4 is 10.6 Å². The summed E-state index contributed by atoms with van der Waals surface area (Å²) in [7, 11) is 0. The van der Waals surface area contributed by atoms with Gasteiger partial charge in [0.1, 0.15) is 0 Å². The average Bonchev–Trinajstić information content (AvgIpc) is 2.64. The summed E-state index contributed by atoms with van der Waals surface area (Å²) in [5.74, 6) is -0.0721. The largest absolute Gasteiger partial charge is 0.397 e. The van der Waals surface area contributed by atoms with Crippen LogP contribution in [0.25, 0.3) is 0 Å². The van der Waals surface area contributed by atoms with Crippen LogP contribution in [-0.4, -0.2) is 91.2 Å². The van der Waals surface area contributed by atoms with Crippen LogP contribution in [0.1, 0.15) is 20.8 Å². The number of rotatable bonds is 18. The van der Waals surface area contributed by atoms with Gasteiger partial charge in [0, 0.05) is 20.0 Å². The Hall–Kier alpha value is -1.33. The van der Waals surface area contributed by atoms with Gasteiger partial charge in [0.15, 0.2) is 0 Å². The molecule has 0 aliphatic heterocycles. The summed E-state index contributed by atoms with van der Waals surface area (Å²) < 4.78 is 38.0. The third-order valence-electron chi connectivity index (χ3n) is 2.62. The fourth-order valence-corrected chi connectivity index (χ4v) is 1.50. The third-order valence-corrected chi connectivity index (χ3v) is 2.62. The number of amides is 2. The Balaban J connectivity index is 0. The van der Waals surface area contributed by atoms with E-state index < -0.39 is 6.16 Å². The van der Waals surface area contributed by atoms with Gasteiger partial charge < -0.3 is 34.3 Å². The van der Waals surface area contributed by atoms with Gasteiger partial charge in [-0.15, -0.1) is 4.39 Å². The lowest BCUT2D eigenvalue weighted by atomic mass is 10.6. The first-order valence-corrected chi connectivity index (χ1v) is 9.19. The highest BCUT2D eigenvalue weighted by molar-refractivity contribution is 5.72. The van der Waals surface area contributed by atoms with Crippen molar-refractivity contribution in [3.8, 4) is 0 Å². The van der Waals surface area contributed by atoms with Gasteiger partial charge in [0.25, 0.3) is 0 Å². The van der Waals surface area contributed by atoms with Crippen molar-refractivity contribution in [3.05, 3.63) is 0 Å². The van der Waals surface area contributed by atoms with Crippen molar-refractivity contribution in [1.29, 1.82) is 0 Å². The second-order valence-corrected chi connectivity index (χ2v) is 4.75. The van der Waals surface area contributed by atoms with Crippen LogP contribution in [0.2, 0.25) is 0 Å². The number of carbonyl (C=O) groups excluding carboxylic acids is 2. The maximum atomic E-state index is 11.8. The molecule has 0 bridgehead atoms. The minimum atomic E-state index is -1.56. The van der Waals surface area contributed by atoms with E-state index in [1.165, 1.54) is 6.92 Å². The predicted molar refractivity (Wildman–Crippen MR) is 98.6 cm³/mol. The molecule has 0 rings (SSSR count). The van der Waals surface area contributed by atoms with Crippen LogP contribution >= 0.6 is 0 Å². The monoisotopic (exact) mass is 398 g/mol. The lowest BCUT2D eigenvalue weighted by Gasteiger charge is -2.08. The highest BCUT2D eigenvalue weighted by Gasteiger charge is 1.96. The smallest absolute Gasteiger partial charge is 0.377 e. The first-order valence-electron chi connectivity index (χ1n) is 9.19. The molecule has 0 atom stereocenters. The lowest BCUT2D eigenvalue weighted by Crippen LogP contribution is -2.25. The molecule has 162 valence electrons. The van der Waals surface area contributed by atoms with E-state index in [1.54, 1.807) is 0 Å². The molecule has 0 saturated carbocycles. The first-order chi connectivity index (χ1) is 13.1. The zero-order valence-corrected chi connectivity index (χ0v) is 16.7. The van der Waals surface area contributed by atoms with Gasteiger partial charge in [0.2, 0.25) is 5.91 Å². The van der Waals surface area contributed by atoms with Gasteiger partial charge in [-0.3, -0.25) is 4.79 Å². The summed E-state index contributed by atoms with van der Waals surface area (Å²) in [6, 6.07) is 0. The molecule has 0 fully saturated rings. The molecule has 0 aromatic carbocycles. The van der Waals surface area contributed by atoms with Crippen molar-refractivity contribution in [3.63, 3.8) is 0 Å². The molecular formula is C17H35FN2O7. The molecule has 0 radical (unpaired) electrons. The Morgan fingerprint density at radius 1 is 0.630 bits per heavy atom. The second-order valence-electron chi connectivity index (χ2n) is 4.75. The van der Waals surface area contributed by atoms with Crippen molar-refractivity contribution in [1.82, 2.24) is 10.6 Å². The summed E-state index contributed by atoms with van der Waals surface area (Å²) in [6.07, 6.45) is -1.56. The van der Waals surface area contributed by atoms with Crippen molar-refractivity contribution in [2.24, 2.45) is 0 Å². The van der Waals surface area contributed by atoms with Crippen LogP contribution in [-0.2, 0) is 28.5 Å². The zero-order chi connectivity index (χ0) is 20.6. The van der Waals surface area contributed by atoms with Crippen molar-refractivity contribution in [2.45, 2.75) is 20.8 Å². The van der Waals surface area contributed by atoms with Gasteiger partial charge in [0.05, 0.1) is 66.1 Å². The lowest BCUT2D eigenvalue weighted by molar-refractivity contribution is -0.119. The molecule has 0 unspecified atom stereocenters. The predicted octanol–water partition coefficient (Wildman–Crippen LogP) is 0.911. The van der Waals surface area contributed by atoms with E-state index in [2.05, 4.69) is 5.32 Å². The molecule has 27 heavy (non-hydrogen) atoms. The summed E-state index contributed by atoms with van der Waals surface area (Å²) in [4.78, 5) is 20.5. The molecular weight excluding hydrogens is 363 g/mol. The SMILES string of the molecule is CC.CC(=O)NCCOCCOCCOCCOCCOCCNC(=O)F. The minimum absolute atomic E-state index is 0.0721. The van der Waals surface area contributed by atoms with Crippen LogP contribution in [0.4, 0.5) is 9.18 Å². The van der Waals surface area contributed by atoms with E-state index in [-0.39, 0.29) is 19.1 Å². The van der Waals surface area contributed by atoms with Crippen LogP contribution in [0.5, 0.6) is 0 Å². The Morgan fingerprint density at radius 2 is 0.926 bits per heavy atom. The Labute approximate surface area is 161 Å². The zero-order valence-electron chi connectivity index (χ0n) is 16.7. The van der Waals surface area contributed by atoms with E-state index in [1.807, 2.05) is 19.2 Å². The second kappa shape index (κ2) is 24.7. The quantitative estimate of drug-likeness (QED) is 0.201. The van der Waals surface area contributed by atoms with E-state index in [0.29, 0.717) is 66.0 Å². The van der Waals surface area contributed by atoms with Crippen LogP contribution in [0.15, 0.2) is 0 Å². The molecule has 0 aromatic heterocycles. The maximum Gasteiger partial charge on any atom is 0.397 e. The molecule has 9 nitrogen and oxygen atoms in total. The van der Waals surface area contributed by atoms with Crippen molar-refractivity contribution < 1.29 is 37.7 Å². The van der Waals surface area contributed by atoms with Crippen molar-refractivity contribution >= 4 is 12.1 Å². The molecule has 0 saturated heterocycles. The van der Waals surface area contributed by atoms with Crippen molar-refractivity contribution in [2.75, 3.05) is 79.2 Å². The number of halogens is 1. The summed E-state index contributed by atoms with van der Waals surface area (Å²) in [5, 5.41) is 4.60. The van der Waals surface area contributed by atoms with E-state index in [9.17, 15) is 14.0 Å². The number of ether oxygens (including phenoxy) is 5. The number of nitrogens with one attached hydrogen (secondary N) is 2. The summed E-state index contributed by atoms with van der Waals surface area (Å²) in [6.45, 7) is 10.3. The van der Waals surface area contributed by atoms with Gasteiger partial charge in [-0.1, -0.05) is 13.8 Å². The Kier molecular flexibility index (Phi) is 25.5. The third kappa shape index (κ3) is 29.7. The molecule has 0 aliphatic rings. The molecule has 2 N–H and O–H groups in total. The topological polar surface area (TPSA) is 104 Å². The maximum absolute atomic E-state index is 11.8. The molecule has 2 amide bonds. The molecule has 0 heterocycles.